The van der Waals surface area contributed by atoms with Crippen LogP contribution in [0, 0.1) is 11.7 Å². The zero-order valence-corrected chi connectivity index (χ0v) is 22.7. The van der Waals surface area contributed by atoms with E-state index in [0.717, 1.165) is 0 Å². The number of hydrogen-bond acceptors (Lipinski definition) is 8. The van der Waals surface area contributed by atoms with Gasteiger partial charge in [-0.05, 0) is 69.1 Å². The molecule has 1 saturated carbocycles. The Hall–Kier alpha value is -4.29. The van der Waals surface area contributed by atoms with Crippen molar-refractivity contribution >= 4 is 23.7 Å². The van der Waals surface area contributed by atoms with E-state index < -0.39 is 58.1 Å². The van der Waals surface area contributed by atoms with Crippen LogP contribution in [0.15, 0.2) is 29.1 Å². The summed E-state index contributed by atoms with van der Waals surface area (Å²) in [7, 11) is 0. The van der Waals surface area contributed by atoms with Gasteiger partial charge >= 0.3 is 17.8 Å². The summed E-state index contributed by atoms with van der Waals surface area (Å²) in [6.45, 7) is 2.28. The molecular formula is C28H32FN5O7. The minimum Gasteiger partial charge on any atom is -0.501 e. The molecule has 1 aliphatic carbocycles. The molecule has 41 heavy (non-hydrogen) atoms. The smallest absolute Gasteiger partial charge is 0.328 e. The lowest BCUT2D eigenvalue weighted by Gasteiger charge is -2.37. The Kier molecular flexibility index (Phi) is 7.78. The Morgan fingerprint density at radius 3 is 2.54 bits per heavy atom. The molecule has 4 heterocycles. The summed E-state index contributed by atoms with van der Waals surface area (Å²) in [5.74, 6) is -4.29. The second-order valence-electron chi connectivity index (χ2n) is 10.7. The van der Waals surface area contributed by atoms with Gasteiger partial charge in [0.2, 0.25) is 5.75 Å². The van der Waals surface area contributed by atoms with Gasteiger partial charge in [0.1, 0.15) is 17.7 Å². The SMILES string of the molecule is CCOC(=O)[C@@H]1CCCN1C(=O)C(=O)NC12CCC(CC1)Cn1c2nc(C(=O)NCc2ccc(F)cc2)c(O)c1=O. The van der Waals surface area contributed by atoms with Crippen molar-refractivity contribution in [3.63, 3.8) is 0 Å². The maximum Gasteiger partial charge on any atom is 0.328 e. The van der Waals surface area contributed by atoms with Gasteiger partial charge in [-0.1, -0.05) is 12.1 Å². The lowest BCUT2D eigenvalue weighted by molar-refractivity contribution is -0.156. The van der Waals surface area contributed by atoms with E-state index in [1.165, 1.54) is 33.7 Å². The van der Waals surface area contributed by atoms with Crippen molar-refractivity contribution in [3.05, 3.63) is 57.5 Å². The van der Waals surface area contributed by atoms with Crippen LogP contribution in [0.3, 0.4) is 0 Å². The number of hydrogen-bond donors (Lipinski definition) is 3. The van der Waals surface area contributed by atoms with Crippen molar-refractivity contribution in [1.82, 2.24) is 25.1 Å². The van der Waals surface area contributed by atoms with Crippen molar-refractivity contribution in [2.45, 2.75) is 70.1 Å². The topological polar surface area (TPSA) is 160 Å². The molecule has 13 heteroatoms. The molecule has 6 rings (SSSR count). The number of carbonyl (C=O) groups is 4. The first-order valence-electron chi connectivity index (χ1n) is 13.8. The van der Waals surface area contributed by atoms with Gasteiger partial charge in [0.05, 0.1) is 12.1 Å². The van der Waals surface area contributed by atoms with Crippen LogP contribution in [0.1, 0.15) is 67.3 Å². The summed E-state index contributed by atoms with van der Waals surface area (Å²) in [5.41, 5.74) is -1.97. The third-order valence-corrected chi connectivity index (χ3v) is 8.17. The molecule has 3 amide bonds. The van der Waals surface area contributed by atoms with Crippen molar-refractivity contribution in [2.24, 2.45) is 5.92 Å². The molecule has 4 aliphatic rings. The van der Waals surface area contributed by atoms with Crippen LogP contribution in [0.2, 0.25) is 0 Å². The first kappa shape index (κ1) is 28.2. The summed E-state index contributed by atoms with van der Waals surface area (Å²) in [4.78, 5) is 70.9. The van der Waals surface area contributed by atoms with Crippen LogP contribution in [0.4, 0.5) is 4.39 Å². The summed E-state index contributed by atoms with van der Waals surface area (Å²) in [5, 5.41) is 16.1. The Balaban J connectivity index is 1.43. The number of nitrogens with one attached hydrogen (secondary N) is 2. The van der Waals surface area contributed by atoms with Gasteiger partial charge in [0, 0.05) is 19.6 Å². The number of rotatable bonds is 6. The van der Waals surface area contributed by atoms with Crippen LogP contribution >= 0.6 is 0 Å². The van der Waals surface area contributed by atoms with E-state index >= 15 is 0 Å². The van der Waals surface area contributed by atoms with Gasteiger partial charge in [-0.2, -0.15) is 0 Å². The fourth-order valence-electron chi connectivity index (χ4n) is 6.02. The van der Waals surface area contributed by atoms with Crippen molar-refractivity contribution in [2.75, 3.05) is 13.2 Å². The molecule has 2 fully saturated rings. The van der Waals surface area contributed by atoms with E-state index in [1.807, 2.05) is 0 Å². The number of benzene rings is 1. The third kappa shape index (κ3) is 5.40. The van der Waals surface area contributed by atoms with Gasteiger partial charge in [0.15, 0.2) is 5.69 Å². The Labute approximate surface area is 234 Å². The number of aromatic nitrogens is 2. The number of aromatic hydroxyl groups is 1. The molecular weight excluding hydrogens is 537 g/mol. The maximum atomic E-state index is 13.4. The van der Waals surface area contributed by atoms with Crippen LogP contribution in [0.25, 0.3) is 0 Å². The molecule has 0 radical (unpaired) electrons. The largest absolute Gasteiger partial charge is 0.501 e. The summed E-state index contributed by atoms with van der Waals surface area (Å²) in [6, 6.07) is 4.61. The minimum absolute atomic E-state index is 0.00538. The number of esters is 1. The number of halogens is 1. The molecule has 3 N–H and O–H groups in total. The standard InChI is InChI=1S/C28H32FN5O7/c1-2-41-26(40)19-4-3-13-33(19)25(39)23(37)32-28-11-9-17(10-12-28)15-34-24(38)21(35)20(31-27(28)34)22(36)30-14-16-5-7-18(29)8-6-16/h5-8,17,19,35H,2-4,9-15H2,1H3,(H,30,36)(H,32,37)/t17?,19-,28?/m0/s1. The third-order valence-electron chi connectivity index (χ3n) is 8.17. The van der Waals surface area contributed by atoms with E-state index in [1.54, 1.807) is 6.92 Å². The molecule has 218 valence electrons. The Morgan fingerprint density at radius 2 is 1.85 bits per heavy atom. The highest BCUT2D eigenvalue weighted by Gasteiger charge is 2.48. The molecule has 1 atom stereocenters. The highest BCUT2D eigenvalue weighted by atomic mass is 19.1. The van der Waals surface area contributed by atoms with Gasteiger partial charge in [-0.3, -0.25) is 23.7 Å². The Bertz CT molecular complexity index is 1430. The second kappa shape index (κ2) is 11.3. The molecule has 1 aromatic carbocycles. The molecule has 0 spiro atoms. The average molecular weight is 570 g/mol. The van der Waals surface area contributed by atoms with Crippen LogP contribution in [-0.2, 0) is 37.7 Å². The second-order valence-corrected chi connectivity index (χ2v) is 10.7. The zero-order chi connectivity index (χ0) is 29.3. The number of ether oxygens (including phenoxy) is 1. The van der Waals surface area contributed by atoms with E-state index in [-0.39, 0.29) is 38.0 Å². The van der Waals surface area contributed by atoms with E-state index in [9.17, 15) is 33.5 Å². The molecule has 2 aromatic rings. The molecule has 0 unspecified atom stereocenters. The molecule has 2 bridgehead atoms. The fourth-order valence-corrected chi connectivity index (χ4v) is 6.02. The van der Waals surface area contributed by atoms with Crippen molar-refractivity contribution in [3.8, 4) is 5.75 Å². The first-order chi connectivity index (χ1) is 19.6. The molecule has 12 nitrogen and oxygen atoms in total. The van der Waals surface area contributed by atoms with E-state index in [2.05, 4.69) is 15.6 Å². The lowest BCUT2D eigenvalue weighted by atomic mass is 9.77. The summed E-state index contributed by atoms with van der Waals surface area (Å²) >= 11 is 0. The number of amides is 3. The highest BCUT2D eigenvalue weighted by Crippen LogP contribution is 2.43. The van der Waals surface area contributed by atoms with Gasteiger partial charge in [0.25, 0.3) is 11.5 Å². The Morgan fingerprint density at radius 1 is 1.15 bits per heavy atom. The quantitative estimate of drug-likeness (QED) is 0.344. The van der Waals surface area contributed by atoms with Crippen molar-refractivity contribution < 1.29 is 33.4 Å². The monoisotopic (exact) mass is 569 g/mol. The highest BCUT2D eigenvalue weighted by molar-refractivity contribution is 6.35. The van der Waals surface area contributed by atoms with Crippen LogP contribution in [-0.4, -0.2) is 62.4 Å². The average Bonchev–Trinajstić information content (AvgIpc) is 3.35. The summed E-state index contributed by atoms with van der Waals surface area (Å²) < 4.78 is 19.6. The minimum atomic E-state index is -1.24. The lowest BCUT2D eigenvalue weighted by Crippen LogP contribution is -2.55. The number of fused-ring (bicyclic) bond motifs is 2. The van der Waals surface area contributed by atoms with Crippen LogP contribution < -0.4 is 16.2 Å². The molecule has 1 saturated heterocycles. The fraction of sp³-hybridized carbons (Fsp3) is 0.500. The van der Waals surface area contributed by atoms with Crippen molar-refractivity contribution in [1.29, 1.82) is 0 Å². The van der Waals surface area contributed by atoms with Crippen LogP contribution in [0.5, 0.6) is 5.75 Å². The molecule has 1 aromatic heterocycles. The summed E-state index contributed by atoms with van der Waals surface area (Å²) in [6.07, 6.45) is 2.92. The van der Waals surface area contributed by atoms with Gasteiger partial charge in [-0.15, -0.1) is 0 Å². The number of nitrogens with zero attached hydrogens (tertiary/aromatic N) is 3. The normalized spacial score (nSPS) is 22.9. The van der Waals surface area contributed by atoms with Gasteiger partial charge < -0.3 is 25.4 Å². The predicted octanol–water partition coefficient (Wildman–Crippen LogP) is 1.09. The predicted molar refractivity (Wildman–Crippen MR) is 141 cm³/mol. The maximum absolute atomic E-state index is 13.4. The number of carbonyl (C=O) groups excluding carboxylic acids is 4. The first-order valence-corrected chi connectivity index (χ1v) is 13.8. The van der Waals surface area contributed by atoms with E-state index in [4.69, 9.17) is 4.74 Å². The molecule has 3 aliphatic heterocycles. The van der Waals surface area contributed by atoms with Gasteiger partial charge in [-0.25, -0.2) is 14.2 Å². The zero-order valence-electron chi connectivity index (χ0n) is 22.7. The van der Waals surface area contributed by atoms with E-state index in [0.29, 0.717) is 44.1 Å². The number of likely N-dealkylation sites (tertiary alicyclic amines) is 1.